The molecule has 0 heterocycles. The van der Waals surface area contributed by atoms with Gasteiger partial charge in [0.25, 0.3) is 0 Å². The summed E-state index contributed by atoms with van der Waals surface area (Å²) in [5.41, 5.74) is 0. The van der Waals surface area contributed by atoms with Gasteiger partial charge in [0.2, 0.25) is 0 Å². The zero-order valence-electron chi connectivity index (χ0n) is 2.83. The van der Waals surface area contributed by atoms with Crippen molar-refractivity contribution in [2.75, 3.05) is 0 Å². The maximum atomic E-state index is 10.4. The standard InChI is InChI=1S/CClF3O.BrH/c2-6-1(3,4)5;/h;1H. The molecule has 0 saturated heterocycles. The van der Waals surface area contributed by atoms with Gasteiger partial charge in [-0.3, -0.25) is 0 Å². The van der Waals surface area contributed by atoms with E-state index in [2.05, 4.69) is 16.2 Å². The van der Waals surface area contributed by atoms with Crippen LogP contribution in [0.2, 0.25) is 0 Å². The summed E-state index contributed by atoms with van der Waals surface area (Å²) in [4.78, 5) is 0. The molecule has 0 N–H and O–H groups in total. The minimum atomic E-state index is -4.69. The van der Waals surface area contributed by atoms with Gasteiger partial charge in [-0.2, -0.15) is 4.29 Å². The molecule has 0 aromatic carbocycles. The van der Waals surface area contributed by atoms with Crippen LogP contribution in [0.5, 0.6) is 0 Å². The van der Waals surface area contributed by atoms with Gasteiger partial charge in [0.1, 0.15) is 0 Å². The van der Waals surface area contributed by atoms with E-state index in [1.807, 2.05) is 0 Å². The van der Waals surface area contributed by atoms with Gasteiger partial charge in [-0.15, -0.1) is 30.2 Å². The lowest BCUT2D eigenvalue weighted by Gasteiger charge is -1.93. The lowest BCUT2D eigenvalue weighted by atomic mass is 11.4. The molecule has 46 valence electrons. The fraction of sp³-hybridized carbons (Fsp3) is 1.00. The van der Waals surface area contributed by atoms with E-state index in [0.29, 0.717) is 0 Å². The zero-order chi connectivity index (χ0) is 5.21. The van der Waals surface area contributed by atoms with Crippen LogP contribution < -0.4 is 0 Å². The average molecular weight is 201 g/mol. The predicted molar refractivity (Wildman–Crippen MR) is 23.3 cm³/mol. The number of hydrogen-bond acceptors (Lipinski definition) is 1. The minimum Gasteiger partial charge on any atom is -0.179 e. The van der Waals surface area contributed by atoms with E-state index < -0.39 is 6.36 Å². The van der Waals surface area contributed by atoms with E-state index in [1.165, 1.54) is 0 Å². The van der Waals surface area contributed by atoms with Gasteiger partial charge in [0.15, 0.2) is 0 Å². The van der Waals surface area contributed by atoms with Gasteiger partial charge in [-0.1, -0.05) is 0 Å². The highest BCUT2D eigenvalue weighted by atomic mass is 79.9. The van der Waals surface area contributed by atoms with Gasteiger partial charge < -0.3 is 0 Å². The van der Waals surface area contributed by atoms with Crippen LogP contribution in [-0.2, 0) is 4.29 Å². The molecular formula is CHBrClF3O. The van der Waals surface area contributed by atoms with Gasteiger partial charge in [-0.05, 0) is 0 Å². The van der Waals surface area contributed by atoms with E-state index in [-0.39, 0.29) is 17.0 Å². The summed E-state index contributed by atoms with van der Waals surface area (Å²) in [6.45, 7) is 0. The first-order valence-corrected chi connectivity index (χ1v) is 1.23. The second kappa shape index (κ2) is 3.51. The molecule has 0 radical (unpaired) electrons. The monoisotopic (exact) mass is 200 g/mol. The van der Waals surface area contributed by atoms with Crippen LogP contribution >= 0.6 is 28.8 Å². The highest BCUT2D eigenvalue weighted by Gasteiger charge is 2.28. The summed E-state index contributed by atoms with van der Waals surface area (Å²) in [7, 11) is 0. The molecule has 0 atom stereocenters. The lowest BCUT2D eigenvalue weighted by Crippen LogP contribution is -2.04. The average Bonchev–Trinajstić information content (AvgIpc) is 1.35. The summed E-state index contributed by atoms with van der Waals surface area (Å²) >= 11 is 3.85. The Balaban J connectivity index is 0. The molecule has 0 amide bonds. The van der Waals surface area contributed by atoms with Crippen LogP contribution in [0, 0.1) is 0 Å². The molecule has 0 bridgehead atoms. The van der Waals surface area contributed by atoms with Gasteiger partial charge in [0.05, 0.1) is 11.9 Å². The quantitative estimate of drug-likeness (QED) is 0.584. The molecular weight excluding hydrogens is 200 g/mol. The van der Waals surface area contributed by atoms with Crippen molar-refractivity contribution in [3.63, 3.8) is 0 Å². The van der Waals surface area contributed by atoms with Crippen molar-refractivity contribution in [3.8, 4) is 0 Å². The van der Waals surface area contributed by atoms with E-state index in [1.54, 1.807) is 0 Å². The summed E-state index contributed by atoms with van der Waals surface area (Å²) in [6, 6.07) is 0. The fourth-order valence-corrected chi connectivity index (χ4v) is 0. The van der Waals surface area contributed by atoms with Crippen molar-refractivity contribution in [1.82, 2.24) is 0 Å². The van der Waals surface area contributed by atoms with Crippen molar-refractivity contribution in [3.05, 3.63) is 0 Å². The Kier molecular flexibility index (Phi) is 5.27. The predicted octanol–water partition coefficient (Wildman–Crippen LogP) is 2.25. The SMILES string of the molecule is Br.FC(F)(F)OCl. The Morgan fingerprint density at radius 3 is 1.43 bits per heavy atom. The summed E-state index contributed by atoms with van der Waals surface area (Å²) in [5, 5.41) is 0. The topological polar surface area (TPSA) is 9.23 Å². The maximum Gasteiger partial charge on any atom is 0.538 e. The minimum absolute atomic E-state index is 0. The second-order valence-electron chi connectivity index (χ2n) is 0.523. The molecule has 0 saturated carbocycles. The smallest absolute Gasteiger partial charge is 0.179 e. The van der Waals surface area contributed by atoms with Gasteiger partial charge in [0, 0.05) is 0 Å². The van der Waals surface area contributed by atoms with Crippen molar-refractivity contribution < 1.29 is 17.5 Å². The first-order valence-electron chi connectivity index (χ1n) is 0.925. The Morgan fingerprint density at radius 2 is 1.43 bits per heavy atom. The zero-order valence-corrected chi connectivity index (χ0v) is 5.30. The Bertz CT molecular complexity index is 44.7. The highest BCUT2D eigenvalue weighted by molar-refractivity contribution is 8.93. The summed E-state index contributed by atoms with van der Waals surface area (Å²) in [5.74, 6) is 0. The third-order valence-corrected chi connectivity index (χ3v) is 0.262. The molecule has 0 aromatic heterocycles. The Morgan fingerprint density at radius 1 is 1.29 bits per heavy atom. The third kappa shape index (κ3) is 10.8. The lowest BCUT2D eigenvalue weighted by molar-refractivity contribution is -0.273. The van der Waals surface area contributed by atoms with Crippen LogP contribution in [0.25, 0.3) is 0 Å². The summed E-state index contributed by atoms with van der Waals surface area (Å²) in [6.07, 6.45) is -4.69. The van der Waals surface area contributed by atoms with E-state index >= 15 is 0 Å². The largest absolute Gasteiger partial charge is 0.538 e. The van der Waals surface area contributed by atoms with Crippen LogP contribution in [-0.4, -0.2) is 6.36 Å². The normalized spacial score (nSPS) is 10.3. The van der Waals surface area contributed by atoms with E-state index in [4.69, 9.17) is 0 Å². The number of alkyl halides is 3. The highest BCUT2D eigenvalue weighted by Crippen LogP contribution is 2.16. The van der Waals surface area contributed by atoms with Crippen LogP contribution in [0.1, 0.15) is 0 Å². The molecule has 0 aromatic rings. The van der Waals surface area contributed by atoms with Crippen molar-refractivity contribution >= 4 is 28.8 Å². The third-order valence-electron chi connectivity index (χ3n) is 0.0875. The molecule has 0 rings (SSSR count). The molecule has 1 nitrogen and oxygen atoms in total. The molecule has 0 unspecified atom stereocenters. The second-order valence-corrected chi connectivity index (χ2v) is 0.677. The van der Waals surface area contributed by atoms with Crippen LogP contribution in [0.3, 0.4) is 0 Å². The van der Waals surface area contributed by atoms with Crippen molar-refractivity contribution in [2.45, 2.75) is 6.36 Å². The molecule has 0 aliphatic rings. The molecule has 0 spiro atoms. The molecule has 7 heavy (non-hydrogen) atoms. The number of halogens is 5. The van der Waals surface area contributed by atoms with E-state index in [0.717, 1.165) is 0 Å². The van der Waals surface area contributed by atoms with Gasteiger partial charge >= 0.3 is 6.36 Å². The molecule has 0 aliphatic heterocycles. The molecule has 0 fully saturated rings. The number of rotatable bonds is 0. The fourth-order valence-electron chi connectivity index (χ4n) is 0. The summed E-state index contributed by atoms with van der Waals surface area (Å²) < 4.78 is 33.7. The van der Waals surface area contributed by atoms with Crippen molar-refractivity contribution in [1.29, 1.82) is 0 Å². The molecule has 0 aliphatic carbocycles. The first-order chi connectivity index (χ1) is 2.56. The maximum absolute atomic E-state index is 10.4. The molecule has 6 heteroatoms. The first kappa shape index (κ1) is 10.5. The van der Waals surface area contributed by atoms with Crippen molar-refractivity contribution in [2.24, 2.45) is 0 Å². The van der Waals surface area contributed by atoms with Crippen LogP contribution in [0.4, 0.5) is 13.2 Å². The Hall–Kier alpha value is 0.520. The Labute approximate surface area is 53.3 Å². The number of hydrogen-bond donors (Lipinski definition) is 0. The van der Waals surface area contributed by atoms with E-state index in [9.17, 15) is 13.2 Å². The van der Waals surface area contributed by atoms with Crippen LogP contribution in [0.15, 0.2) is 0 Å². The van der Waals surface area contributed by atoms with Gasteiger partial charge in [-0.25, -0.2) is 0 Å².